The van der Waals surface area contributed by atoms with Gasteiger partial charge in [-0.05, 0) is 42.3 Å². The number of rotatable bonds is 3. The van der Waals surface area contributed by atoms with Crippen LogP contribution >= 0.6 is 0 Å². The maximum absolute atomic E-state index is 5.32. The first kappa shape index (κ1) is 12.0. The Bertz CT molecular complexity index is 583. The summed E-state index contributed by atoms with van der Waals surface area (Å²) in [5.74, 6) is 1.52. The van der Waals surface area contributed by atoms with E-state index < -0.39 is 0 Å². The van der Waals surface area contributed by atoms with E-state index in [1.54, 1.807) is 13.3 Å². The van der Waals surface area contributed by atoms with Crippen molar-refractivity contribution in [3.8, 4) is 5.75 Å². The summed E-state index contributed by atoms with van der Waals surface area (Å²) in [6.45, 7) is 1.95. The van der Waals surface area contributed by atoms with Crippen LogP contribution in [0.1, 0.15) is 11.1 Å². The first-order valence-electron chi connectivity index (χ1n) is 6.46. The molecular weight excluding hydrogens is 238 g/mol. The summed E-state index contributed by atoms with van der Waals surface area (Å²) in [6, 6.07) is 10.1. The van der Waals surface area contributed by atoms with Crippen LogP contribution in [0.25, 0.3) is 0 Å². The van der Waals surface area contributed by atoms with Gasteiger partial charge in [-0.25, -0.2) is 4.98 Å². The second-order valence-corrected chi connectivity index (χ2v) is 4.55. The van der Waals surface area contributed by atoms with Crippen LogP contribution in [0.15, 0.2) is 36.5 Å². The van der Waals surface area contributed by atoms with E-state index in [2.05, 4.69) is 33.8 Å². The number of anilines is 2. The highest BCUT2D eigenvalue weighted by Gasteiger charge is 2.13. The summed E-state index contributed by atoms with van der Waals surface area (Å²) in [5, 5.41) is 6.77. The van der Waals surface area contributed by atoms with Crippen LogP contribution < -0.4 is 15.4 Å². The molecule has 4 heteroatoms. The lowest BCUT2D eigenvalue weighted by molar-refractivity contribution is 0.415. The Morgan fingerprint density at radius 2 is 2.21 bits per heavy atom. The van der Waals surface area contributed by atoms with E-state index in [0.29, 0.717) is 0 Å². The van der Waals surface area contributed by atoms with Crippen LogP contribution in [0.2, 0.25) is 0 Å². The standard InChI is InChI=1S/C15H17N3O/c1-19-14-6-3-8-17-15(14)18-13-5-2-4-11-10-16-9-7-12(11)13/h2-6,8,16H,7,9-10H2,1H3,(H,17,18). The Kier molecular flexibility index (Phi) is 3.33. The summed E-state index contributed by atoms with van der Waals surface area (Å²) in [4.78, 5) is 4.34. The molecule has 0 spiro atoms. The Morgan fingerprint density at radius 3 is 3.11 bits per heavy atom. The number of ether oxygens (including phenoxy) is 1. The smallest absolute Gasteiger partial charge is 0.173 e. The van der Waals surface area contributed by atoms with Crippen molar-refractivity contribution in [2.24, 2.45) is 0 Å². The SMILES string of the molecule is COc1cccnc1Nc1cccc2c1CCNC2. The summed E-state index contributed by atoms with van der Waals surface area (Å²) in [7, 11) is 1.66. The van der Waals surface area contributed by atoms with Gasteiger partial charge in [0.05, 0.1) is 7.11 Å². The van der Waals surface area contributed by atoms with E-state index in [-0.39, 0.29) is 0 Å². The lowest BCUT2D eigenvalue weighted by atomic mass is 9.99. The molecule has 2 N–H and O–H groups in total. The number of nitrogens with one attached hydrogen (secondary N) is 2. The van der Waals surface area contributed by atoms with Crippen molar-refractivity contribution in [2.45, 2.75) is 13.0 Å². The van der Waals surface area contributed by atoms with Crippen LogP contribution in [0.3, 0.4) is 0 Å². The first-order valence-corrected chi connectivity index (χ1v) is 6.46. The van der Waals surface area contributed by atoms with Crippen molar-refractivity contribution in [3.63, 3.8) is 0 Å². The Morgan fingerprint density at radius 1 is 1.26 bits per heavy atom. The van der Waals surface area contributed by atoms with Crippen LogP contribution in [0, 0.1) is 0 Å². The van der Waals surface area contributed by atoms with E-state index in [1.165, 1.54) is 11.1 Å². The van der Waals surface area contributed by atoms with Crippen molar-refractivity contribution >= 4 is 11.5 Å². The zero-order chi connectivity index (χ0) is 13.1. The largest absolute Gasteiger partial charge is 0.493 e. The molecule has 1 aromatic carbocycles. The number of methoxy groups -OCH3 is 1. The molecule has 0 atom stereocenters. The predicted molar refractivity (Wildman–Crippen MR) is 75.9 cm³/mol. The molecule has 1 aromatic heterocycles. The Hall–Kier alpha value is -2.07. The highest BCUT2D eigenvalue weighted by Crippen LogP contribution is 2.29. The zero-order valence-electron chi connectivity index (χ0n) is 10.9. The molecule has 4 nitrogen and oxygen atoms in total. The fourth-order valence-corrected chi connectivity index (χ4v) is 2.43. The van der Waals surface area contributed by atoms with Gasteiger partial charge in [-0.15, -0.1) is 0 Å². The molecule has 0 saturated heterocycles. The molecule has 2 aromatic rings. The molecule has 0 bridgehead atoms. The number of pyridine rings is 1. The molecule has 3 rings (SSSR count). The average molecular weight is 255 g/mol. The van der Waals surface area contributed by atoms with Crippen LogP contribution in [0.5, 0.6) is 5.75 Å². The fourth-order valence-electron chi connectivity index (χ4n) is 2.43. The van der Waals surface area contributed by atoms with Gasteiger partial charge < -0.3 is 15.4 Å². The fraction of sp³-hybridized carbons (Fsp3) is 0.267. The van der Waals surface area contributed by atoms with Crippen molar-refractivity contribution in [1.29, 1.82) is 0 Å². The molecular formula is C15H17N3O. The normalized spacial score (nSPS) is 13.7. The number of hydrogen-bond acceptors (Lipinski definition) is 4. The minimum absolute atomic E-state index is 0.758. The third-order valence-electron chi connectivity index (χ3n) is 3.38. The molecule has 1 aliphatic rings. The van der Waals surface area contributed by atoms with Crippen molar-refractivity contribution in [1.82, 2.24) is 10.3 Å². The second kappa shape index (κ2) is 5.28. The maximum Gasteiger partial charge on any atom is 0.173 e. The second-order valence-electron chi connectivity index (χ2n) is 4.55. The number of aromatic nitrogens is 1. The highest BCUT2D eigenvalue weighted by molar-refractivity contribution is 5.66. The van der Waals surface area contributed by atoms with Gasteiger partial charge in [0.1, 0.15) is 0 Å². The van der Waals surface area contributed by atoms with E-state index in [0.717, 1.165) is 36.8 Å². The monoisotopic (exact) mass is 255 g/mol. The molecule has 0 saturated carbocycles. The summed E-state index contributed by atoms with van der Waals surface area (Å²) < 4.78 is 5.32. The first-order chi connectivity index (χ1) is 9.38. The van der Waals surface area contributed by atoms with E-state index in [9.17, 15) is 0 Å². The number of hydrogen-bond donors (Lipinski definition) is 2. The number of benzene rings is 1. The molecule has 1 aliphatic heterocycles. The number of nitrogens with zero attached hydrogens (tertiary/aromatic N) is 1. The van der Waals surface area contributed by atoms with Crippen LogP contribution in [-0.2, 0) is 13.0 Å². The van der Waals surface area contributed by atoms with Gasteiger partial charge in [-0.1, -0.05) is 12.1 Å². The molecule has 0 amide bonds. The Balaban J connectivity index is 1.95. The van der Waals surface area contributed by atoms with Gasteiger partial charge in [-0.2, -0.15) is 0 Å². The van der Waals surface area contributed by atoms with Crippen LogP contribution in [0.4, 0.5) is 11.5 Å². The van der Waals surface area contributed by atoms with Gasteiger partial charge in [0.25, 0.3) is 0 Å². The van der Waals surface area contributed by atoms with Gasteiger partial charge in [-0.3, -0.25) is 0 Å². The third-order valence-corrected chi connectivity index (χ3v) is 3.38. The minimum atomic E-state index is 0.758. The molecule has 0 unspecified atom stereocenters. The molecule has 19 heavy (non-hydrogen) atoms. The Labute approximate surface area is 112 Å². The summed E-state index contributed by atoms with van der Waals surface area (Å²) in [6.07, 6.45) is 2.80. The van der Waals surface area contributed by atoms with E-state index in [1.807, 2.05) is 12.1 Å². The molecule has 0 fully saturated rings. The minimum Gasteiger partial charge on any atom is -0.493 e. The van der Waals surface area contributed by atoms with Crippen LogP contribution in [-0.4, -0.2) is 18.6 Å². The van der Waals surface area contributed by atoms with Gasteiger partial charge in [0.15, 0.2) is 11.6 Å². The predicted octanol–water partition coefficient (Wildman–Crippen LogP) is 2.48. The highest BCUT2D eigenvalue weighted by atomic mass is 16.5. The number of fused-ring (bicyclic) bond motifs is 1. The maximum atomic E-state index is 5.32. The average Bonchev–Trinajstić information content (AvgIpc) is 2.48. The molecule has 98 valence electrons. The van der Waals surface area contributed by atoms with Gasteiger partial charge in [0.2, 0.25) is 0 Å². The van der Waals surface area contributed by atoms with Crippen molar-refractivity contribution in [2.75, 3.05) is 19.0 Å². The third kappa shape index (κ3) is 2.39. The molecule has 0 aliphatic carbocycles. The quantitative estimate of drug-likeness (QED) is 0.884. The van der Waals surface area contributed by atoms with Crippen molar-refractivity contribution < 1.29 is 4.74 Å². The zero-order valence-corrected chi connectivity index (χ0v) is 10.9. The van der Waals surface area contributed by atoms with E-state index in [4.69, 9.17) is 4.74 Å². The summed E-state index contributed by atoms with van der Waals surface area (Å²) in [5.41, 5.74) is 3.84. The molecule has 0 radical (unpaired) electrons. The lowest BCUT2D eigenvalue weighted by Crippen LogP contribution is -2.24. The van der Waals surface area contributed by atoms with Gasteiger partial charge >= 0.3 is 0 Å². The topological polar surface area (TPSA) is 46.2 Å². The lowest BCUT2D eigenvalue weighted by Gasteiger charge is -2.21. The molecule has 2 heterocycles. The van der Waals surface area contributed by atoms with Crippen molar-refractivity contribution in [3.05, 3.63) is 47.7 Å². The van der Waals surface area contributed by atoms with E-state index >= 15 is 0 Å². The van der Waals surface area contributed by atoms with Gasteiger partial charge in [0, 0.05) is 18.4 Å². The summed E-state index contributed by atoms with van der Waals surface area (Å²) >= 11 is 0.